The van der Waals surface area contributed by atoms with E-state index >= 15 is 0 Å². The predicted octanol–water partition coefficient (Wildman–Crippen LogP) is -0.648. The van der Waals surface area contributed by atoms with Crippen LogP contribution in [-0.2, 0) is 9.16 Å². The molecule has 0 amide bonds. The quantitative estimate of drug-likeness (QED) is 0.521. The Morgan fingerprint density at radius 2 is 1.91 bits per heavy atom. The highest BCUT2D eigenvalue weighted by Crippen LogP contribution is 2.15. The van der Waals surface area contributed by atoms with Crippen molar-refractivity contribution >= 4 is 10.5 Å². The van der Waals surface area contributed by atoms with E-state index in [9.17, 15) is 0 Å². The monoisotopic (exact) mass is 175 g/mol. The molecule has 1 aliphatic heterocycles. The summed E-state index contributed by atoms with van der Waals surface area (Å²) >= 11 is 0. The van der Waals surface area contributed by atoms with Crippen LogP contribution >= 0.6 is 0 Å². The van der Waals surface area contributed by atoms with Crippen LogP contribution in [0.25, 0.3) is 0 Å². The SMILES string of the molecule is CC(C)(O[SiH3])N1CCOCC1. The average Bonchev–Trinajstić information content (AvgIpc) is 2.06. The molecule has 0 radical (unpaired) electrons. The molecule has 0 spiro atoms. The van der Waals surface area contributed by atoms with Crippen molar-refractivity contribution in [2.24, 2.45) is 0 Å². The molecule has 0 aliphatic carbocycles. The van der Waals surface area contributed by atoms with Gasteiger partial charge in [-0.15, -0.1) is 0 Å². The van der Waals surface area contributed by atoms with Crippen molar-refractivity contribution in [2.45, 2.75) is 19.6 Å². The van der Waals surface area contributed by atoms with Crippen LogP contribution in [0.2, 0.25) is 0 Å². The molecular weight excluding hydrogens is 158 g/mol. The molecule has 1 fully saturated rings. The van der Waals surface area contributed by atoms with Crippen LogP contribution in [0.3, 0.4) is 0 Å². The van der Waals surface area contributed by atoms with Crippen molar-refractivity contribution in [1.82, 2.24) is 4.90 Å². The number of nitrogens with zero attached hydrogens (tertiary/aromatic N) is 1. The van der Waals surface area contributed by atoms with Crippen LogP contribution in [0, 0.1) is 0 Å². The lowest BCUT2D eigenvalue weighted by Gasteiger charge is -2.39. The summed E-state index contributed by atoms with van der Waals surface area (Å²) in [6, 6.07) is 0. The summed E-state index contributed by atoms with van der Waals surface area (Å²) in [6.45, 7) is 7.91. The topological polar surface area (TPSA) is 21.7 Å². The normalized spacial score (nSPS) is 22.4. The Labute approximate surface area is 71.2 Å². The highest BCUT2D eigenvalue weighted by Gasteiger charge is 2.26. The minimum atomic E-state index is -0.0734. The number of ether oxygens (including phenoxy) is 1. The van der Waals surface area contributed by atoms with Crippen molar-refractivity contribution in [1.29, 1.82) is 0 Å². The Balaban J connectivity index is 2.43. The highest BCUT2D eigenvalue weighted by atomic mass is 28.2. The summed E-state index contributed by atoms with van der Waals surface area (Å²) < 4.78 is 10.7. The van der Waals surface area contributed by atoms with Gasteiger partial charge in [0, 0.05) is 13.1 Å². The smallest absolute Gasteiger partial charge is 0.148 e. The molecular formula is C7H17NO2Si. The minimum Gasteiger partial charge on any atom is -0.411 e. The lowest BCUT2D eigenvalue weighted by atomic mass is 10.2. The average molecular weight is 175 g/mol. The second-order valence-corrected chi connectivity index (χ2v) is 3.66. The van der Waals surface area contributed by atoms with Crippen molar-refractivity contribution < 1.29 is 9.16 Å². The maximum absolute atomic E-state index is 5.49. The fourth-order valence-corrected chi connectivity index (χ4v) is 1.49. The zero-order chi connectivity index (χ0) is 8.32. The summed E-state index contributed by atoms with van der Waals surface area (Å²) in [6.07, 6.45) is 0. The van der Waals surface area contributed by atoms with Gasteiger partial charge in [-0.1, -0.05) is 0 Å². The van der Waals surface area contributed by atoms with Crippen LogP contribution in [0.4, 0.5) is 0 Å². The Morgan fingerprint density at radius 3 is 2.36 bits per heavy atom. The van der Waals surface area contributed by atoms with E-state index in [2.05, 4.69) is 18.7 Å². The summed E-state index contributed by atoms with van der Waals surface area (Å²) in [5.41, 5.74) is -0.0734. The Hall–Kier alpha value is 0.0969. The molecule has 1 saturated heterocycles. The molecule has 1 aliphatic rings. The lowest BCUT2D eigenvalue weighted by molar-refractivity contribution is -0.0971. The summed E-state index contributed by atoms with van der Waals surface area (Å²) in [5.74, 6) is 0. The molecule has 1 heterocycles. The van der Waals surface area contributed by atoms with Gasteiger partial charge in [-0.25, -0.2) is 0 Å². The Kier molecular flexibility index (Phi) is 3.06. The van der Waals surface area contributed by atoms with E-state index < -0.39 is 0 Å². The maximum atomic E-state index is 5.49. The van der Waals surface area contributed by atoms with E-state index in [1.165, 1.54) is 0 Å². The van der Waals surface area contributed by atoms with Crippen molar-refractivity contribution in [2.75, 3.05) is 26.3 Å². The first-order valence-electron chi connectivity index (χ1n) is 4.05. The first-order chi connectivity index (χ1) is 5.17. The summed E-state index contributed by atoms with van der Waals surface area (Å²) in [5, 5.41) is 0. The third-order valence-electron chi connectivity index (χ3n) is 2.27. The summed E-state index contributed by atoms with van der Waals surface area (Å²) in [4.78, 5) is 2.32. The van der Waals surface area contributed by atoms with Gasteiger partial charge in [-0.3, -0.25) is 4.90 Å². The van der Waals surface area contributed by atoms with Crippen molar-refractivity contribution in [3.05, 3.63) is 0 Å². The van der Waals surface area contributed by atoms with E-state index in [1.807, 2.05) is 0 Å². The largest absolute Gasteiger partial charge is 0.411 e. The van der Waals surface area contributed by atoms with Crippen LogP contribution < -0.4 is 0 Å². The Bertz CT molecular complexity index is 124. The molecule has 0 atom stereocenters. The second-order valence-electron chi connectivity index (χ2n) is 3.25. The molecule has 0 bridgehead atoms. The summed E-state index contributed by atoms with van der Waals surface area (Å²) in [7, 11) is 0.799. The van der Waals surface area contributed by atoms with E-state index in [-0.39, 0.29) is 5.72 Å². The van der Waals surface area contributed by atoms with Gasteiger partial charge in [0.2, 0.25) is 0 Å². The molecule has 11 heavy (non-hydrogen) atoms. The third kappa shape index (κ3) is 2.26. The standard InChI is InChI=1S/C7H17NO2Si/c1-7(2,10-11)8-3-5-9-6-4-8/h3-6H2,1-2,11H3. The zero-order valence-electron chi connectivity index (χ0n) is 7.59. The molecule has 1 rings (SSSR count). The highest BCUT2D eigenvalue weighted by molar-refractivity contribution is 5.98. The third-order valence-corrected chi connectivity index (χ3v) is 3.27. The van der Waals surface area contributed by atoms with E-state index in [0.717, 1.165) is 36.8 Å². The van der Waals surface area contributed by atoms with E-state index in [0.29, 0.717) is 0 Å². The molecule has 4 heteroatoms. The van der Waals surface area contributed by atoms with Gasteiger partial charge < -0.3 is 9.16 Å². The van der Waals surface area contributed by atoms with Gasteiger partial charge >= 0.3 is 0 Å². The molecule has 0 aromatic carbocycles. The molecule has 3 nitrogen and oxygen atoms in total. The molecule has 0 aromatic heterocycles. The molecule has 0 saturated carbocycles. The molecule has 0 aromatic rings. The van der Waals surface area contributed by atoms with Crippen LogP contribution in [0.1, 0.15) is 13.8 Å². The van der Waals surface area contributed by atoms with Crippen molar-refractivity contribution in [3.63, 3.8) is 0 Å². The van der Waals surface area contributed by atoms with Gasteiger partial charge in [-0.05, 0) is 13.8 Å². The van der Waals surface area contributed by atoms with Crippen LogP contribution in [0.5, 0.6) is 0 Å². The minimum absolute atomic E-state index is 0.0734. The molecule has 0 N–H and O–H groups in total. The number of rotatable bonds is 2. The van der Waals surface area contributed by atoms with E-state index in [4.69, 9.17) is 9.16 Å². The molecule has 0 unspecified atom stereocenters. The van der Waals surface area contributed by atoms with Gasteiger partial charge in [-0.2, -0.15) is 0 Å². The van der Waals surface area contributed by atoms with Crippen LogP contribution in [0.15, 0.2) is 0 Å². The first kappa shape index (κ1) is 9.19. The lowest BCUT2D eigenvalue weighted by Crippen LogP contribution is -2.51. The van der Waals surface area contributed by atoms with Gasteiger partial charge in [0.15, 0.2) is 0 Å². The zero-order valence-corrected chi connectivity index (χ0v) is 9.59. The predicted molar refractivity (Wildman–Crippen MR) is 47.5 cm³/mol. The van der Waals surface area contributed by atoms with Gasteiger partial charge in [0.25, 0.3) is 0 Å². The number of morpholine rings is 1. The fourth-order valence-electron chi connectivity index (χ4n) is 1.23. The molecule has 66 valence electrons. The number of hydrogen-bond donors (Lipinski definition) is 0. The van der Waals surface area contributed by atoms with E-state index in [1.54, 1.807) is 0 Å². The van der Waals surface area contributed by atoms with Crippen molar-refractivity contribution in [3.8, 4) is 0 Å². The van der Waals surface area contributed by atoms with Gasteiger partial charge in [0.05, 0.1) is 13.2 Å². The maximum Gasteiger partial charge on any atom is 0.148 e. The fraction of sp³-hybridized carbons (Fsp3) is 1.00. The van der Waals surface area contributed by atoms with Gasteiger partial charge in [0.1, 0.15) is 16.2 Å². The number of hydrogen-bond acceptors (Lipinski definition) is 3. The Morgan fingerprint density at radius 1 is 1.36 bits per heavy atom. The van der Waals surface area contributed by atoms with Crippen LogP contribution in [-0.4, -0.2) is 47.4 Å². The second kappa shape index (κ2) is 3.67. The first-order valence-corrected chi connectivity index (χ1v) is 4.86.